The molecule has 5 N–H and O–H groups in total. The summed E-state index contributed by atoms with van der Waals surface area (Å²) in [5, 5.41) is 3.32. The van der Waals surface area contributed by atoms with Crippen molar-refractivity contribution < 1.29 is 9.47 Å². The maximum Gasteiger partial charge on any atom is 0.198 e. The average molecular weight is 250 g/mol. The molecule has 1 aromatic carbocycles. The van der Waals surface area contributed by atoms with Gasteiger partial charge in [0, 0.05) is 26.2 Å². The van der Waals surface area contributed by atoms with Gasteiger partial charge in [-0.15, -0.1) is 0 Å². The topological polar surface area (TPSA) is 85.8 Å². The fourth-order valence-electron chi connectivity index (χ4n) is 2.29. The number of ether oxygens (including phenoxy) is 2. The molecule has 1 fully saturated rings. The Morgan fingerprint density at radius 3 is 2.61 bits per heavy atom. The minimum absolute atomic E-state index is 0.615. The second kappa shape index (κ2) is 4.64. The highest BCUT2D eigenvalue weighted by Crippen LogP contribution is 2.40. The number of nitrogens with zero attached hydrogens (tertiary/aromatic N) is 1. The zero-order chi connectivity index (χ0) is 12.5. The van der Waals surface area contributed by atoms with Crippen molar-refractivity contribution in [1.82, 2.24) is 5.32 Å². The van der Waals surface area contributed by atoms with Gasteiger partial charge in [0.05, 0.1) is 5.69 Å². The van der Waals surface area contributed by atoms with Gasteiger partial charge in [0.25, 0.3) is 0 Å². The molecule has 0 spiro atoms. The summed E-state index contributed by atoms with van der Waals surface area (Å²) in [5.41, 5.74) is 12.5. The lowest BCUT2D eigenvalue weighted by atomic mass is 10.2. The highest BCUT2D eigenvalue weighted by molar-refractivity contribution is 5.65. The predicted octanol–water partition coefficient (Wildman–Crippen LogP) is -0.563. The third-order valence-corrected chi connectivity index (χ3v) is 3.26. The number of anilines is 1. The van der Waals surface area contributed by atoms with Crippen molar-refractivity contribution in [3.8, 4) is 11.5 Å². The lowest BCUT2D eigenvalue weighted by Crippen LogP contribution is -2.52. The Morgan fingerprint density at radius 2 is 1.83 bits per heavy atom. The summed E-state index contributed by atoms with van der Waals surface area (Å²) in [7, 11) is 0. The van der Waals surface area contributed by atoms with Crippen LogP contribution in [0.15, 0.2) is 18.2 Å². The molecule has 2 unspecified atom stereocenters. The SMILES string of the molecule is NC1Oc2cccc(N3CCNCC3)c2OC1N. The molecular weight excluding hydrogens is 232 g/mol. The van der Waals surface area contributed by atoms with Crippen LogP contribution in [-0.2, 0) is 0 Å². The summed E-state index contributed by atoms with van der Waals surface area (Å²) in [6.07, 6.45) is -1.24. The van der Waals surface area contributed by atoms with E-state index in [4.69, 9.17) is 20.9 Å². The normalized spacial score (nSPS) is 27.1. The first-order valence-corrected chi connectivity index (χ1v) is 6.19. The molecule has 2 aliphatic heterocycles. The van der Waals surface area contributed by atoms with Crippen LogP contribution in [0.25, 0.3) is 0 Å². The molecule has 2 atom stereocenters. The van der Waals surface area contributed by atoms with E-state index >= 15 is 0 Å². The minimum atomic E-state index is -0.624. The van der Waals surface area contributed by atoms with E-state index in [1.807, 2.05) is 18.2 Å². The molecule has 1 saturated heterocycles. The molecule has 2 aliphatic rings. The lowest BCUT2D eigenvalue weighted by molar-refractivity contribution is 0.0289. The van der Waals surface area contributed by atoms with Crippen molar-refractivity contribution in [2.24, 2.45) is 11.5 Å². The molecule has 6 heteroatoms. The predicted molar refractivity (Wildman–Crippen MR) is 68.7 cm³/mol. The Balaban J connectivity index is 1.93. The van der Waals surface area contributed by atoms with Crippen molar-refractivity contribution in [2.75, 3.05) is 31.1 Å². The standard InChI is InChI=1S/C12H18N4O2/c13-11-12(14)18-10-8(2-1-3-9(10)17-11)16-6-4-15-5-7-16/h1-3,11-12,15H,4-7,13-14H2. The molecule has 0 bridgehead atoms. The lowest BCUT2D eigenvalue weighted by Gasteiger charge is -2.35. The van der Waals surface area contributed by atoms with Crippen molar-refractivity contribution in [2.45, 2.75) is 12.5 Å². The molecule has 1 aromatic rings. The molecule has 98 valence electrons. The number of para-hydroxylation sites is 1. The molecule has 0 aromatic heterocycles. The highest BCUT2D eigenvalue weighted by Gasteiger charge is 2.29. The van der Waals surface area contributed by atoms with Gasteiger partial charge >= 0.3 is 0 Å². The Hall–Kier alpha value is -1.50. The van der Waals surface area contributed by atoms with Crippen LogP contribution in [0.2, 0.25) is 0 Å². The Bertz CT molecular complexity index is 434. The fraction of sp³-hybridized carbons (Fsp3) is 0.500. The largest absolute Gasteiger partial charge is 0.466 e. The molecule has 0 amide bonds. The molecule has 3 rings (SSSR count). The zero-order valence-electron chi connectivity index (χ0n) is 10.1. The molecule has 18 heavy (non-hydrogen) atoms. The second-order valence-electron chi connectivity index (χ2n) is 4.51. The third-order valence-electron chi connectivity index (χ3n) is 3.26. The van der Waals surface area contributed by atoms with Gasteiger partial charge in [-0.2, -0.15) is 0 Å². The van der Waals surface area contributed by atoms with E-state index in [0.29, 0.717) is 11.5 Å². The van der Waals surface area contributed by atoms with Gasteiger partial charge < -0.3 is 19.7 Å². The van der Waals surface area contributed by atoms with Crippen molar-refractivity contribution in [3.05, 3.63) is 18.2 Å². The van der Waals surface area contributed by atoms with Crippen molar-refractivity contribution >= 4 is 5.69 Å². The zero-order valence-corrected chi connectivity index (χ0v) is 10.1. The van der Waals surface area contributed by atoms with Crippen LogP contribution in [0.4, 0.5) is 5.69 Å². The first-order chi connectivity index (χ1) is 8.75. The fourth-order valence-corrected chi connectivity index (χ4v) is 2.29. The van der Waals surface area contributed by atoms with Crippen molar-refractivity contribution in [1.29, 1.82) is 0 Å². The smallest absolute Gasteiger partial charge is 0.198 e. The Morgan fingerprint density at radius 1 is 1.11 bits per heavy atom. The van der Waals surface area contributed by atoms with E-state index in [9.17, 15) is 0 Å². The van der Waals surface area contributed by atoms with Gasteiger partial charge in [-0.05, 0) is 12.1 Å². The number of rotatable bonds is 1. The summed E-state index contributed by atoms with van der Waals surface area (Å²) < 4.78 is 11.3. The number of hydrogen-bond acceptors (Lipinski definition) is 6. The molecule has 0 radical (unpaired) electrons. The summed E-state index contributed by atoms with van der Waals surface area (Å²) in [6.45, 7) is 3.83. The number of hydrogen-bond donors (Lipinski definition) is 3. The van der Waals surface area contributed by atoms with E-state index in [-0.39, 0.29) is 0 Å². The monoisotopic (exact) mass is 250 g/mol. The number of piperazine rings is 1. The van der Waals surface area contributed by atoms with Crippen LogP contribution in [0.5, 0.6) is 11.5 Å². The molecular formula is C12H18N4O2. The third kappa shape index (κ3) is 1.98. The van der Waals surface area contributed by atoms with Gasteiger partial charge in [-0.25, -0.2) is 0 Å². The molecule has 0 saturated carbocycles. The van der Waals surface area contributed by atoms with Gasteiger partial charge in [0.1, 0.15) is 0 Å². The van der Waals surface area contributed by atoms with Gasteiger partial charge in [-0.3, -0.25) is 11.5 Å². The van der Waals surface area contributed by atoms with E-state index < -0.39 is 12.5 Å². The van der Waals surface area contributed by atoms with Crippen LogP contribution in [0.3, 0.4) is 0 Å². The van der Waals surface area contributed by atoms with Crippen LogP contribution in [-0.4, -0.2) is 38.6 Å². The second-order valence-corrected chi connectivity index (χ2v) is 4.51. The average Bonchev–Trinajstić information content (AvgIpc) is 2.40. The maximum absolute atomic E-state index is 5.79. The molecule has 0 aliphatic carbocycles. The van der Waals surface area contributed by atoms with E-state index in [1.54, 1.807) is 0 Å². The van der Waals surface area contributed by atoms with Crippen LogP contribution < -0.4 is 31.2 Å². The minimum Gasteiger partial charge on any atom is -0.466 e. The number of fused-ring (bicyclic) bond motifs is 1. The maximum atomic E-state index is 5.79. The van der Waals surface area contributed by atoms with E-state index in [0.717, 1.165) is 31.9 Å². The van der Waals surface area contributed by atoms with Crippen molar-refractivity contribution in [3.63, 3.8) is 0 Å². The van der Waals surface area contributed by atoms with Gasteiger partial charge in [0.2, 0.25) is 0 Å². The molecule has 6 nitrogen and oxygen atoms in total. The summed E-state index contributed by atoms with van der Waals surface area (Å²) in [4.78, 5) is 2.27. The van der Waals surface area contributed by atoms with E-state index in [2.05, 4.69) is 10.2 Å². The summed E-state index contributed by atoms with van der Waals surface area (Å²) in [5.74, 6) is 1.37. The van der Waals surface area contributed by atoms with Gasteiger partial charge in [-0.1, -0.05) is 6.07 Å². The number of nitrogens with two attached hydrogens (primary N) is 2. The number of nitrogens with one attached hydrogen (secondary N) is 1. The van der Waals surface area contributed by atoms with Crippen LogP contribution in [0, 0.1) is 0 Å². The Kier molecular flexibility index (Phi) is 2.99. The van der Waals surface area contributed by atoms with Gasteiger partial charge in [0.15, 0.2) is 24.0 Å². The number of benzene rings is 1. The Labute approximate surface area is 106 Å². The first kappa shape index (κ1) is 11.6. The van der Waals surface area contributed by atoms with Crippen LogP contribution >= 0.6 is 0 Å². The van der Waals surface area contributed by atoms with Crippen LogP contribution in [0.1, 0.15) is 0 Å². The quantitative estimate of drug-likeness (QED) is 0.619. The first-order valence-electron chi connectivity index (χ1n) is 6.19. The molecule has 2 heterocycles. The highest BCUT2D eigenvalue weighted by atomic mass is 16.6. The summed E-state index contributed by atoms with van der Waals surface area (Å²) in [6, 6.07) is 5.83. The van der Waals surface area contributed by atoms with E-state index in [1.165, 1.54) is 0 Å². The summed E-state index contributed by atoms with van der Waals surface area (Å²) >= 11 is 0.